The van der Waals surface area contributed by atoms with E-state index < -0.39 is 6.09 Å². The Morgan fingerprint density at radius 3 is 2.33 bits per heavy atom. The van der Waals surface area contributed by atoms with Crippen LogP contribution in [0.5, 0.6) is 5.75 Å². The Morgan fingerprint density at radius 1 is 1.00 bits per heavy atom. The van der Waals surface area contributed by atoms with E-state index in [1.54, 1.807) is 7.11 Å². The van der Waals surface area contributed by atoms with Crippen molar-refractivity contribution in [1.82, 2.24) is 5.32 Å². The third-order valence-corrected chi connectivity index (χ3v) is 5.39. The van der Waals surface area contributed by atoms with E-state index >= 15 is 0 Å². The molecule has 0 heterocycles. The Labute approximate surface area is 177 Å². The predicted molar refractivity (Wildman–Crippen MR) is 120 cm³/mol. The van der Waals surface area contributed by atoms with Gasteiger partial charge in [-0.15, -0.1) is 0 Å². The predicted octanol–water partition coefficient (Wildman–Crippen LogP) is 5.56. The van der Waals surface area contributed by atoms with Crippen molar-refractivity contribution in [2.45, 2.75) is 12.8 Å². The smallest absolute Gasteiger partial charge is 0.407 e. The summed E-state index contributed by atoms with van der Waals surface area (Å²) >= 11 is 0. The lowest BCUT2D eigenvalue weighted by atomic mass is 9.98. The molecule has 3 aromatic carbocycles. The number of amides is 1. The topological polar surface area (TPSA) is 47.6 Å². The van der Waals surface area contributed by atoms with Crippen LogP contribution in [-0.4, -0.2) is 26.4 Å². The lowest BCUT2D eigenvalue weighted by Crippen LogP contribution is -2.26. The number of carbonyl (C=O) groups is 1. The van der Waals surface area contributed by atoms with E-state index in [1.165, 1.54) is 22.3 Å². The van der Waals surface area contributed by atoms with E-state index in [-0.39, 0.29) is 5.92 Å². The second-order valence-electron chi connectivity index (χ2n) is 7.35. The quantitative estimate of drug-likeness (QED) is 0.591. The molecule has 1 amide bonds. The molecular formula is C26H25NO3. The van der Waals surface area contributed by atoms with Crippen LogP contribution in [0.2, 0.25) is 0 Å². The van der Waals surface area contributed by atoms with Gasteiger partial charge in [0.15, 0.2) is 0 Å². The van der Waals surface area contributed by atoms with E-state index in [9.17, 15) is 4.79 Å². The molecule has 0 radical (unpaired) electrons. The molecule has 0 fully saturated rings. The lowest BCUT2D eigenvalue weighted by molar-refractivity contribution is 0.144. The molecule has 4 nitrogen and oxygen atoms in total. The van der Waals surface area contributed by atoms with Crippen LogP contribution < -0.4 is 10.1 Å². The van der Waals surface area contributed by atoms with Gasteiger partial charge in [0.05, 0.1) is 7.11 Å². The highest BCUT2D eigenvalue weighted by Crippen LogP contribution is 2.44. The summed E-state index contributed by atoms with van der Waals surface area (Å²) in [5.41, 5.74) is 6.98. The Balaban J connectivity index is 1.34. The average molecular weight is 399 g/mol. The first-order valence-electron chi connectivity index (χ1n) is 10.1. The van der Waals surface area contributed by atoms with Crippen LogP contribution in [0, 0.1) is 6.92 Å². The van der Waals surface area contributed by atoms with Crippen molar-refractivity contribution >= 4 is 12.2 Å². The molecule has 1 N–H and O–H groups in total. The molecule has 152 valence electrons. The summed E-state index contributed by atoms with van der Waals surface area (Å²) < 4.78 is 10.9. The van der Waals surface area contributed by atoms with Gasteiger partial charge in [0.25, 0.3) is 0 Å². The van der Waals surface area contributed by atoms with E-state index in [2.05, 4.69) is 29.6 Å². The maximum absolute atomic E-state index is 12.2. The van der Waals surface area contributed by atoms with Gasteiger partial charge in [0, 0.05) is 18.0 Å². The fourth-order valence-corrected chi connectivity index (χ4v) is 3.96. The maximum Gasteiger partial charge on any atom is 0.407 e. The molecule has 4 heteroatoms. The summed E-state index contributed by atoms with van der Waals surface area (Å²) in [6.07, 6.45) is 3.41. The second kappa shape index (κ2) is 8.87. The summed E-state index contributed by atoms with van der Waals surface area (Å²) in [4.78, 5) is 12.2. The first-order chi connectivity index (χ1) is 14.7. The van der Waals surface area contributed by atoms with Gasteiger partial charge in [-0.2, -0.15) is 0 Å². The Bertz CT molecular complexity index is 1040. The summed E-state index contributed by atoms with van der Waals surface area (Å²) in [6.45, 7) is 2.73. The van der Waals surface area contributed by atoms with Crippen molar-refractivity contribution in [1.29, 1.82) is 0 Å². The summed E-state index contributed by atoms with van der Waals surface area (Å²) in [6, 6.07) is 22.6. The number of hydrogen-bond acceptors (Lipinski definition) is 3. The fraction of sp³-hybridized carbons (Fsp3) is 0.192. The van der Waals surface area contributed by atoms with Crippen LogP contribution >= 0.6 is 0 Å². The number of fused-ring (bicyclic) bond motifs is 3. The van der Waals surface area contributed by atoms with Crippen LogP contribution in [0.1, 0.15) is 28.2 Å². The van der Waals surface area contributed by atoms with E-state index in [4.69, 9.17) is 9.47 Å². The number of carbonyl (C=O) groups excluding carboxylic acids is 1. The van der Waals surface area contributed by atoms with Crippen molar-refractivity contribution in [2.24, 2.45) is 0 Å². The SMILES string of the molecule is COc1ccc(C)cc1C=CCNC(=O)OCC1c2ccccc2-c2ccccc21. The highest BCUT2D eigenvalue weighted by Gasteiger charge is 2.28. The van der Waals surface area contributed by atoms with Crippen molar-refractivity contribution in [3.05, 3.63) is 95.1 Å². The summed E-state index contributed by atoms with van der Waals surface area (Å²) in [5.74, 6) is 0.869. The molecule has 30 heavy (non-hydrogen) atoms. The number of hydrogen-bond donors (Lipinski definition) is 1. The molecule has 0 spiro atoms. The number of alkyl carbamates (subject to hydrolysis) is 1. The van der Waals surface area contributed by atoms with Crippen LogP contribution in [0.4, 0.5) is 4.79 Å². The minimum atomic E-state index is -0.419. The van der Waals surface area contributed by atoms with Gasteiger partial charge in [-0.05, 0) is 41.3 Å². The molecule has 0 bridgehead atoms. The molecule has 0 aliphatic heterocycles. The minimum absolute atomic E-state index is 0.0650. The molecule has 0 saturated heterocycles. The number of rotatable bonds is 6. The van der Waals surface area contributed by atoms with Gasteiger partial charge in [-0.25, -0.2) is 4.79 Å². The van der Waals surface area contributed by atoms with E-state index in [1.807, 2.05) is 61.5 Å². The molecule has 1 aliphatic rings. The van der Waals surface area contributed by atoms with Gasteiger partial charge >= 0.3 is 6.09 Å². The maximum atomic E-state index is 12.2. The Hall–Kier alpha value is -3.53. The van der Waals surface area contributed by atoms with Crippen LogP contribution in [0.3, 0.4) is 0 Å². The van der Waals surface area contributed by atoms with Crippen LogP contribution in [0.15, 0.2) is 72.8 Å². The molecule has 0 atom stereocenters. The van der Waals surface area contributed by atoms with Gasteiger partial charge in [-0.1, -0.05) is 72.3 Å². The van der Waals surface area contributed by atoms with Gasteiger partial charge in [0.2, 0.25) is 0 Å². The zero-order valence-electron chi connectivity index (χ0n) is 17.2. The van der Waals surface area contributed by atoms with Crippen molar-refractivity contribution in [3.8, 4) is 16.9 Å². The lowest BCUT2D eigenvalue weighted by Gasteiger charge is -2.14. The number of nitrogens with one attached hydrogen (secondary N) is 1. The third kappa shape index (κ3) is 4.08. The molecule has 0 aromatic heterocycles. The summed E-state index contributed by atoms with van der Waals surface area (Å²) in [7, 11) is 1.65. The van der Waals surface area contributed by atoms with Gasteiger partial charge in [-0.3, -0.25) is 0 Å². The summed E-state index contributed by atoms with van der Waals surface area (Å²) in [5, 5.41) is 2.79. The molecule has 1 aliphatic carbocycles. The van der Waals surface area contributed by atoms with Crippen molar-refractivity contribution in [2.75, 3.05) is 20.3 Å². The van der Waals surface area contributed by atoms with Crippen molar-refractivity contribution in [3.63, 3.8) is 0 Å². The number of methoxy groups -OCH3 is 1. The Kier molecular flexibility index (Phi) is 5.84. The zero-order valence-corrected chi connectivity index (χ0v) is 17.2. The van der Waals surface area contributed by atoms with E-state index in [0.717, 1.165) is 16.9 Å². The zero-order chi connectivity index (χ0) is 20.9. The second-order valence-corrected chi connectivity index (χ2v) is 7.35. The number of ether oxygens (including phenoxy) is 2. The molecule has 0 unspecified atom stereocenters. The van der Waals surface area contributed by atoms with Crippen LogP contribution in [0.25, 0.3) is 17.2 Å². The molecule has 4 rings (SSSR count). The molecule has 0 saturated carbocycles. The Morgan fingerprint density at radius 2 is 1.67 bits per heavy atom. The van der Waals surface area contributed by atoms with Crippen molar-refractivity contribution < 1.29 is 14.3 Å². The van der Waals surface area contributed by atoms with Gasteiger partial charge in [0.1, 0.15) is 12.4 Å². The first-order valence-corrected chi connectivity index (χ1v) is 10.1. The first kappa shape index (κ1) is 19.8. The van der Waals surface area contributed by atoms with Crippen LogP contribution in [-0.2, 0) is 4.74 Å². The van der Waals surface area contributed by atoms with Gasteiger partial charge < -0.3 is 14.8 Å². The third-order valence-electron chi connectivity index (χ3n) is 5.39. The normalized spacial score (nSPS) is 12.5. The standard InChI is InChI=1S/C26H25NO3/c1-18-13-14-25(29-2)19(16-18)8-7-15-27-26(28)30-17-24-22-11-5-3-9-20(22)21-10-4-6-12-23(21)24/h3-14,16,24H,15,17H2,1-2H3,(H,27,28). The number of aryl methyl sites for hydroxylation is 1. The fourth-order valence-electron chi connectivity index (χ4n) is 3.96. The minimum Gasteiger partial charge on any atom is -0.496 e. The highest BCUT2D eigenvalue weighted by molar-refractivity contribution is 5.79. The number of benzene rings is 3. The molecule has 3 aromatic rings. The monoisotopic (exact) mass is 399 g/mol. The molecular weight excluding hydrogens is 374 g/mol. The largest absolute Gasteiger partial charge is 0.496 e. The highest BCUT2D eigenvalue weighted by atomic mass is 16.5. The van der Waals surface area contributed by atoms with E-state index in [0.29, 0.717) is 13.2 Å². The average Bonchev–Trinajstić information content (AvgIpc) is 3.09.